The highest BCUT2D eigenvalue weighted by Crippen LogP contribution is 2.18. The van der Waals surface area contributed by atoms with Crippen LogP contribution in [0.2, 0.25) is 0 Å². The fraction of sp³-hybridized carbons (Fsp3) is 0.300. The summed E-state index contributed by atoms with van der Waals surface area (Å²) in [6, 6.07) is 19.0. The van der Waals surface area contributed by atoms with E-state index < -0.39 is 0 Å². The maximum atomic E-state index is 4.75. The van der Waals surface area contributed by atoms with Crippen LogP contribution < -0.4 is 4.90 Å². The minimum atomic E-state index is 0.834. The zero-order chi connectivity index (χ0) is 16.2. The Morgan fingerprint density at radius 1 is 0.833 bits per heavy atom. The van der Waals surface area contributed by atoms with Crippen LogP contribution >= 0.6 is 0 Å². The number of fused-ring (bicyclic) bond motifs is 1. The molecule has 2 aromatic heterocycles. The standard InChI is InChI=1S/C20H22N4/c1-2-6-17(7-3-1)16-23-12-5-13-24(15-14-23)19-10-9-18-8-4-11-21-20(18)22-19/h1-4,6-11H,5,12-16H2. The third kappa shape index (κ3) is 3.39. The minimum Gasteiger partial charge on any atom is -0.355 e. The topological polar surface area (TPSA) is 32.3 Å². The summed E-state index contributed by atoms with van der Waals surface area (Å²) in [5, 5.41) is 1.10. The summed E-state index contributed by atoms with van der Waals surface area (Å²) in [6.07, 6.45) is 2.97. The predicted molar refractivity (Wildman–Crippen MR) is 98.1 cm³/mol. The Morgan fingerprint density at radius 2 is 1.75 bits per heavy atom. The van der Waals surface area contributed by atoms with E-state index in [0.29, 0.717) is 0 Å². The van der Waals surface area contributed by atoms with E-state index in [1.54, 1.807) is 0 Å². The van der Waals surface area contributed by atoms with Crippen molar-refractivity contribution >= 4 is 16.9 Å². The fourth-order valence-electron chi connectivity index (χ4n) is 3.32. The molecule has 0 unspecified atom stereocenters. The van der Waals surface area contributed by atoms with Gasteiger partial charge in [-0.3, -0.25) is 4.90 Å². The monoisotopic (exact) mass is 318 g/mol. The molecule has 1 aromatic carbocycles. The summed E-state index contributed by atoms with van der Waals surface area (Å²) in [4.78, 5) is 14.1. The van der Waals surface area contributed by atoms with Crippen molar-refractivity contribution in [2.24, 2.45) is 0 Å². The van der Waals surface area contributed by atoms with Crippen LogP contribution in [-0.2, 0) is 6.54 Å². The van der Waals surface area contributed by atoms with E-state index in [4.69, 9.17) is 4.98 Å². The lowest BCUT2D eigenvalue weighted by Gasteiger charge is -2.23. The second-order valence-electron chi connectivity index (χ2n) is 6.32. The van der Waals surface area contributed by atoms with Gasteiger partial charge in [0.2, 0.25) is 0 Å². The van der Waals surface area contributed by atoms with Gasteiger partial charge in [-0.05, 0) is 36.2 Å². The SMILES string of the molecule is c1ccc(CN2CCCN(c3ccc4cccnc4n3)CC2)cc1. The van der Waals surface area contributed by atoms with E-state index in [-0.39, 0.29) is 0 Å². The molecule has 4 rings (SSSR count). The molecule has 0 bridgehead atoms. The maximum Gasteiger partial charge on any atom is 0.161 e. The third-order valence-corrected chi connectivity index (χ3v) is 4.61. The maximum absolute atomic E-state index is 4.75. The molecule has 0 saturated carbocycles. The smallest absolute Gasteiger partial charge is 0.161 e. The predicted octanol–water partition coefficient (Wildman–Crippen LogP) is 3.34. The zero-order valence-electron chi connectivity index (χ0n) is 13.8. The second-order valence-corrected chi connectivity index (χ2v) is 6.32. The van der Waals surface area contributed by atoms with Crippen molar-refractivity contribution in [1.82, 2.24) is 14.9 Å². The first kappa shape index (κ1) is 15.1. The van der Waals surface area contributed by atoms with E-state index in [1.807, 2.05) is 12.3 Å². The van der Waals surface area contributed by atoms with E-state index >= 15 is 0 Å². The second kappa shape index (κ2) is 6.97. The molecular weight excluding hydrogens is 296 g/mol. The molecule has 1 saturated heterocycles. The summed E-state index contributed by atoms with van der Waals surface area (Å²) in [7, 11) is 0. The number of rotatable bonds is 3. The van der Waals surface area contributed by atoms with Crippen LogP contribution in [-0.4, -0.2) is 41.0 Å². The van der Waals surface area contributed by atoms with Gasteiger partial charge in [0.1, 0.15) is 5.82 Å². The first-order valence-corrected chi connectivity index (χ1v) is 8.61. The summed E-state index contributed by atoms with van der Waals surface area (Å²) >= 11 is 0. The first-order valence-electron chi connectivity index (χ1n) is 8.61. The molecule has 122 valence electrons. The van der Waals surface area contributed by atoms with E-state index in [2.05, 4.69) is 63.3 Å². The lowest BCUT2D eigenvalue weighted by atomic mass is 10.2. The Balaban J connectivity index is 1.45. The van der Waals surface area contributed by atoms with Crippen LogP contribution in [0.5, 0.6) is 0 Å². The van der Waals surface area contributed by atoms with Gasteiger partial charge in [-0.25, -0.2) is 9.97 Å². The van der Waals surface area contributed by atoms with Gasteiger partial charge in [0.25, 0.3) is 0 Å². The molecule has 3 heterocycles. The highest BCUT2D eigenvalue weighted by Gasteiger charge is 2.16. The quantitative estimate of drug-likeness (QED) is 0.741. The van der Waals surface area contributed by atoms with Crippen LogP contribution in [0.1, 0.15) is 12.0 Å². The van der Waals surface area contributed by atoms with Crippen molar-refractivity contribution in [2.75, 3.05) is 31.1 Å². The molecule has 0 atom stereocenters. The third-order valence-electron chi connectivity index (χ3n) is 4.61. The molecule has 4 nitrogen and oxygen atoms in total. The lowest BCUT2D eigenvalue weighted by molar-refractivity contribution is 0.285. The Morgan fingerprint density at radius 3 is 2.67 bits per heavy atom. The Bertz CT molecular complexity index is 803. The van der Waals surface area contributed by atoms with Crippen LogP contribution in [0.3, 0.4) is 0 Å². The molecule has 1 aliphatic heterocycles. The van der Waals surface area contributed by atoms with Crippen molar-refractivity contribution in [1.29, 1.82) is 0 Å². The molecule has 24 heavy (non-hydrogen) atoms. The Kier molecular flexibility index (Phi) is 4.38. The molecule has 0 N–H and O–H groups in total. The Labute approximate surface area is 142 Å². The first-order chi connectivity index (χ1) is 11.9. The molecule has 3 aromatic rings. The van der Waals surface area contributed by atoms with Crippen molar-refractivity contribution in [3.8, 4) is 0 Å². The Hall–Kier alpha value is -2.46. The van der Waals surface area contributed by atoms with Crippen molar-refractivity contribution in [3.05, 3.63) is 66.4 Å². The van der Waals surface area contributed by atoms with Crippen LogP contribution in [0.4, 0.5) is 5.82 Å². The summed E-state index contributed by atoms with van der Waals surface area (Å²) in [5.74, 6) is 1.04. The van der Waals surface area contributed by atoms with E-state index in [1.165, 1.54) is 5.56 Å². The van der Waals surface area contributed by atoms with Crippen LogP contribution in [0.15, 0.2) is 60.8 Å². The van der Waals surface area contributed by atoms with Gasteiger partial charge in [0.05, 0.1) is 0 Å². The summed E-state index contributed by atoms with van der Waals surface area (Å²) < 4.78 is 0. The molecule has 0 radical (unpaired) electrons. The van der Waals surface area contributed by atoms with Crippen molar-refractivity contribution < 1.29 is 0 Å². The molecule has 4 heteroatoms. The number of anilines is 1. The molecule has 1 fully saturated rings. The molecule has 0 spiro atoms. The average Bonchev–Trinajstić information content (AvgIpc) is 2.88. The molecule has 0 amide bonds. The van der Waals surface area contributed by atoms with Crippen molar-refractivity contribution in [3.63, 3.8) is 0 Å². The largest absolute Gasteiger partial charge is 0.355 e. The molecule has 0 aliphatic carbocycles. The number of hydrogen-bond acceptors (Lipinski definition) is 4. The zero-order valence-corrected chi connectivity index (χ0v) is 13.8. The van der Waals surface area contributed by atoms with Crippen LogP contribution in [0, 0.1) is 0 Å². The van der Waals surface area contributed by atoms with Gasteiger partial charge in [0.15, 0.2) is 5.65 Å². The highest BCUT2D eigenvalue weighted by atomic mass is 15.2. The normalized spacial score (nSPS) is 16.2. The number of pyridine rings is 2. The minimum absolute atomic E-state index is 0.834. The number of benzene rings is 1. The lowest BCUT2D eigenvalue weighted by Crippen LogP contribution is -2.30. The molecular formula is C20H22N4. The number of nitrogens with zero attached hydrogens (tertiary/aromatic N) is 4. The summed E-state index contributed by atoms with van der Waals surface area (Å²) in [6.45, 7) is 5.30. The number of aromatic nitrogens is 2. The highest BCUT2D eigenvalue weighted by molar-refractivity contribution is 5.76. The van der Waals surface area contributed by atoms with E-state index in [0.717, 1.165) is 56.0 Å². The van der Waals surface area contributed by atoms with Gasteiger partial charge in [0, 0.05) is 44.3 Å². The van der Waals surface area contributed by atoms with Crippen molar-refractivity contribution in [2.45, 2.75) is 13.0 Å². The average molecular weight is 318 g/mol. The van der Waals surface area contributed by atoms with Gasteiger partial charge < -0.3 is 4.90 Å². The summed E-state index contributed by atoms with van der Waals surface area (Å²) in [5.41, 5.74) is 2.22. The fourth-order valence-corrected chi connectivity index (χ4v) is 3.32. The van der Waals surface area contributed by atoms with Gasteiger partial charge in [-0.2, -0.15) is 0 Å². The number of hydrogen-bond donors (Lipinski definition) is 0. The van der Waals surface area contributed by atoms with Crippen LogP contribution in [0.25, 0.3) is 11.0 Å². The van der Waals surface area contributed by atoms with Gasteiger partial charge in [-0.15, -0.1) is 0 Å². The van der Waals surface area contributed by atoms with Gasteiger partial charge in [-0.1, -0.05) is 30.3 Å². The molecule has 1 aliphatic rings. The van der Waals surface area contributed by atoms with E-state index in [9.17, 15) is 0 Å². The van der Waals surface area contributed by atoms with Gasteiger partial charge >= 0.3 is 0 Å².